The van der Waals surface area contributed by atoms with Crippen LogP contribution in [0.2, 0.25) is 0 Å². The monoisotopic (exact) mass is 376 g/mol. The van der Waals surface area contributed by atoms with Crippen molar-refractivity contribution in [1.29, 1.82) is 0 Å². The fraction of sp³-hybridized carbons (Fsp3) is 0.238. The van der Waals surface area contributed by atoms with Gasteiger partial charge in [-0.2, -0.15) is 4.98 Å². The molecule has 0 unspecified atom stereocenters. The highest BCUT2D eigenvalue weighted by Crippen LogP contribution is 2.29. The van der Waals surface area contributed by atoms with Crippen molar-refractivity contribution in [3.8, 4) is 11.4 Å². The molecule has 1 fully saturated rings. The van der Waals surface area contributed by atoms with Crippen LogP contribution in [-0.4, -0.2) is 28.5 Å². The minimum Gasteiger partial charge on any atom is -0.339 e. The molecule has 1 aliphatic heterocycles. The summed E-state index contributed by atoms with van der Waals surface area (Å²) in [5, 5.41) is 6.81. The molecule has 3 aromatic rings. The smallest absolute Gasteiger partial charge is 0.229 e. The maximum Gasteiger partial charge on any atom is 0.229 e. The topological polar surface area (TPSA) is 88.3 Å². The second-order valence-electron chi connectivity index (χ2n) is 6.95. The Balaban J connectivity index is 1.49. The largest absolute Gasteiger partial charge is 0.339 e. The van der Waals surface area contributed by atoms with E-state index in [0.29, 0.717) is 18.3 Å². The van der Waals surface area contributed by atoms with Crippen molar-refractivity contribution in [2.24, 2.45) is 5.92 Å². The predicted octanol–water partition coefficient (Wildman–Crippen LogP) is 3.35. The summed E-state index contributed by atoms with van der Waals surface area (Å²) in [7, 11) is 0. The van der Waals surface area contributed by atoms with Gasteiger partial charge < -0.3 is 14.7 Å². The number of aromatic nitrogens is 2. The first-order valence-corrected chi connectivity index (χ1v) is 9.08. The van der Waals surface area contributed by atoms with E-state index in [4.69, 9.17) is 4.52 Å². The van der Waals surface area contributed by atoms with Gasteiger partial charge in [0, 0.05) is 36.8 Å². The SMILES string of the molecule is Cc1ccc(NC(=O)[C@H]2CC(=O)N(c3cccc(-c4noc(C)n4)c3)C2)cc1. The normalized spacial score (nSPS) is 16.4. The van der Waals surface area contributed by atoms with E-state index in [0.717, 1.165) is 22.5 Å². The molecule has 0 spiro atoms. The van der Waals surface area contributed by atoms with Gasteiger partial charge in [0.05, 0.1) is 5.92 Å². The van der Waals surface area contributed by atoms with Gasteiger partial charge in [0.1, 0.15) is 0 Å². The fourth-order valence-electron chi connectivity index (χ4n) is 3.24. The lowest BCUT2D eigenvalue weighted by Crippen LogP contribution is -2.28. The second kappa shape index (κ2) is 7.26. The summed E-state index contributed by atoms with van der Waals surface area (Å²) in [6.45, 7) is 4.05. The van der Waals surface area contributed by atoms with E-state index in [2.05, 4.69) is 15.5 Å². The van der Waals surface area contributed by atoms with Gasteiger partial charge in [-0.1, -0.05) is 35.0 Å². The molecule has 0 bridgehead atoms. The van der Waals surface area contributed by atoms with Crippen LogP contribution in [0.3, 0.4) is 0 Å². The molecule has 0 saturated carbocycles. The van der Waals surface area contributed by atoms with Crippen molar-refractivity contribution in [2.75, 3.05) is 16.8 Å². The van der Waals surface area contributed by atoms with Crippen LogP contribution in [-0.2, 0) is 9.59 Å². The first kappa shape index (κ1) is 17.9. The third kappa shape index (κ3) is 3.64. The highest BCUT2D eigenvalue weighted by molar-refractivity contribution is 6.03. The van der Waals surface area contributed by atoms with Crippen molar-refractivity contribution in [1.82, 2.24) is 10.1 Å². The lowest BCUT2D eigenvalue weighted by Gasteiger charge is -2.17. The average Bonchev–Trinajstić information content (AvgIpc) is 3.30. The van der Waals surface area contributed by atoms with E-state index in [1.54, 1.807) is 11.8 Å². The molecule has 2 amide bonds. The zero-order chi connectivity index (χ0) is 19.7. The number of anilines is 2. The zero-order valence-corrected chi connectivity index (χ0v) is 15.7. The van der Waals surface area contributed by atoms with Gasteiger partial charge in [0.25, 0.3) is 0 Å². The van der Waals surface area contributed by atoms with E-state index < -0.39 is 5.92 Å². The number of rotatable bonds is 4. The number of benzene rings is 2. The quantitative estimate of drug-likeness (QED) is 0.754. The molecule has 1 saturated heterocycles. The van der Waals surface area contributed by atoms with Gasteiger partial charge >= 0.3 is 0 Å². The van der Waals surface area contributed by atoms with Crippen molar-refractivity contribution >= 4 is 23.2 Å². The fourth-order valence-corrected chi connectivity index (χ4v) is 3.24. The third-order valence-electron chi connectivity index (χ3n) is 4.76. The molecule has 0 radical (unpaired) electrons. The lowest BCUT2D eigenvalue weighted by atomic mass is 10.1. The highest BCUT2D eigenvalue weighted by atomic mass is 16.5. The molecule has 1 N–H and O–H groups in total. The maximum absolute atomic E-state index is 12.6. The standard InChI is InChI=1S/C21H20N4O3/c1-13-6-8-17(9-7-13)23-21(27)16-11-19(26)25(12-16)18-5-3-4-15(10-18)20-22-14(2)28-24-20/h3-10,16H,11-12H2,1-2H3,(H,23,27)/t16-/m0/s1. The van der Waals surface area contributed by atoms with Crippen LogP contribution in [0.1, 0.15) is 17.9 Å². The first-order valence-electron chi connectivity index (χ1n) is 9.08. The molecule has 142 valence electrons. The number of aryl methyl sites for hydroxylation is 2. The Kier molecular flexibility index (Phi) is 4.65. The van der Waals surface area contributed by atoms with E-state index in [-0.39, 0.29) is 18.2 Å². The molecule has 1 atom stereocenters. The van der Waals surface area contributed by atoms with Crippen LogP contribution in [0, 0.1) is 19.8 Å². The highest BCUT2D eigenvalue weighted by Gasteiger charge is 2.35. The Morgan fingerprint density at radius 2 is 1.96 bits per heavy atom. The van der Waals surface area contributed by atoms with Crippen LogP contribution >= 0.6 is 0 Å². The number of nitrogens with zero attached hydrogens (tertiary/aromatic N) is 3. The molecular weight excluding hydrogens is 356 g/mol. The minimum absolute atomic E-state index is 0.0782. The Bertz CT molecular complexity index is 1030. The summed E-state index contributed by atoms with van der Waals surface area (Å²) >= 11 is 0. The number of nitrogens with one attached hydrogen (secondary N) is 1. The molecule has 4 rings (SSSR count). The molecular formula is C21H20N4O3. The van der Waals surface area contributed by atoms with Gasteiger partial charge in [0.15, 0.2) is 0 Å². The average molecular weight is 376 g/mol. The van der Waals surface area contributed by atoms with Gasteiger partial charge in [-0.3, -0.25) is 9.59 Å². The van der Waals surface area contributed by atoms with Crippen LogP contribution in [0.15, 0.2) is 53.1 Å². The van der Waals surface area contributed by atoms with Gasteiger partial charge in [-0.05, 0) is 31.2 Å². The summed E-state index contributed by atoms with van der Waals surface area (Å²) in [4.78, 5) is 31.0. The summed E-state index contributed by atoms with van der Waals surface area (Å²) in [6.07, 6.45) is 0.184. The van der Waals surface area contributed by atoms with Crippen molar-refractivity contribution < 1.29 is 14.1 Å². The molecule has 1 aromatic heterocycles. The van der Waals surface area contributed by atoms with Crippen molar-refractivity contribution in [3.05, 3.63) is 60.0 Å². The molecule has 7 heteroatoms. The first-order chi connectivity index (χ1) is 13.5. The number of hydrogen-bond acceptors (Lipinski definition) is 5. The molecule has 7 nitrogen and oxygen atoms in total. The summed E-state index contributed by atoms with van der Waals surface area (Å²) < 4.78 is 5.02. The minimum atomic E-state index is -0.398. The molecule has 1 aliphatic rings. The molecule has 2 aromatic carbocycles. The summed E-state index contributed by atoms with van der Waals surface area (Å²) in [5.74, 6) is 0.324. The number of carbonyl (C=O) groups excluding carboxylic acids is 2. The van der Waals surface area contributed by atoms with Crippen LogP contribution in [0.5, 0.6) is 0 Å². The van der Waals surface area contributed by atoms with Crippen LogP contribution in [0.25, 0.3) is 11.4 Å². The Labute approximate surface area is 162 Å². The Morgan fingerprint density at radius 3 is 2.68 bits per heavy atom. The maximum atomic E-state index is 12.6. The zero-order valence-electron chi connectivity index (χ0n) is 15.7. The van der Waals surface area contributed by atoms with Gasteiger partial charge in [-0.25, -0.2) is 0 Å². The number of hydrogen-bond donors (Lipinski definition) is 1. The van der Waals surface area contributed by atoms with E-state index in [1.165, 1.54) is 0 Å². The predicted molar refractivity (Wildman–Crippen MR) is 105 cm³/mol. The van der Waals surface area contributed by atoms with Crippen molar-refractivity contribution in [2.45, 2.75) is 20.3 Å². The Morgan fingerprint density at radius 1 is 1.18 bits per heavy atom. The van der Waals surface area contributed by atoms with E-state index in [1.807, 2.05) is 55.5 Å². The van der Waals surface area contributed by atoms with Crippen molar-refractivity contribution in [3.63, 3.8) is 0 Å². The Hall–Kier alpha value is -3.48. The second-order valence-corrected chi connectivity index (χ2v) is 6.95. The van der Waals surface area contributed by atoms with Crippen LogP contribution in [0.4, 0.5) is 11.4 Å². The molecule has 28 heavy (non-hydrogen) atoms. The van der Waals surface area contributed by atoms with E-state index >= 15 is 0 Å². The van der Waals surface area contributed by atoms with Crippen LogP contribution < -0.4 is 10.2 Å². The summed E-state index contributed by atoms with van der Waals surface area (Å²) in [6, 6.07) is 15.0. The molecule has 0 aliphatic carbocycles. The van der Waals surface area contributed by atoms with E-state index in [9.17, 15) is 9.59 Å². The lowest BCUT2D eigenvalue weighted by molar-refractivity contribution is -0.122. The number of amides is 2. The summed E-state index contributed by atoms with van der Waals surface area (Å²) in [5.41, 5.74) is 3.33. The van der Waals surface area contributed by atoms with Gasteiger partial charge in [-0.15, -0.1) is 0 Å². The molecule has 2 heterocycles. The number of carbonyl (C=O) groups is 2. The third-order valence-corrected chi connectivity index (χ3v) is 4.76. The van der Waals surface area contributed by atoms with Gasteiger partial charge in [0.2, 0.25) is 23.5 Å².